The molecule has 6 heteroatoms. The second kappa shape index (κ2) is 3.67. The number of aryl methyl sites for hydroxylation is 1. The lowest BCUT2D eigenvalue weighted by molar-refractivity contribution is -0.118. The molecule has 0 saturated heterocycles. The second-order valence-corrected chi connectivity index (χ2v) is 2.58. The molecule has 2 N–H and O–H groups in total. The summed E-state index contributed by atoms with van der Waals surface area (Å²) in [7, 11) is 0. The Balaban J connectivity index is 2.61. The van der Waals surface area contributed by atoms with E-state index in [9.17, 15) is 4.79 Å². The summed E-state index contributed by atoms with van der Waals surface area (Å²) in [5, 5.41) is 17.1. The van der Waals surface area contributed by atoms with Gasteiger partial charge in [0.1, 0.15) is 11.7 Å². The van der Waals surface area contributed by atoms with Crippen molar-refractivity contribution >= 4 is 11.9 Å². The van der Waals surface area contributed by atoms with E-state index in [4.69, 9.17) is 5.26 Å². The highest BCUT2D eigenvalue weighted by Crippen LogP contribution is 2.00. The average Bonchev–Trinajstić information content (AvgIpc) is 2.49. The molecule has 68 valence electrons. The third-order valence-electron chi connectivity index (χ3n) is 1.42. The second-order valence-electron chi connectivity index (χ2n) is 2.58. The molecule has 0 bridgehead atoms. The molecule has 1 unspecified atom stereocenters. The van der Waals surface area contributed by atoms with Crippen molar-refractivity contribution in [1.29, 1.82) is 5.26 Å². The van der Waals surface area contributed by atoms with Crippen LogP contribution in [0, 0.1) is 24.2 Å². The average molecular weight is 179 g/mol. The van der Waals surface area contributed by atoms with E-state index in [-0.39, 0.29) is 5.95 Å². The lowest BCUT2D eigenvalue weighted by Gasteiger charge is -1.99. The van der Waals surface area contributed by atoms with Gasteiger partial charge in [0.2, 0.25) is 11.9 Å². The number of hydrogen-bond donors (Lipinski definition) is 2. The number of nitrogens with one attached hydrogen (secondary N) is 2. The number of rotatable bonds is 2. The molecule has 0 saturated carbocycles. The van der Waals surface area contributed by atoms with Crippen molar-refractivity contribution < 1.29 is 4.79 Å². The molecule has 0 fully saturated rings. The third-order valence-corrected chi connectivity index (χ3v) is 1.42. The van der Waals surface area contributed by atoms with Crippen molar-refractivity contribution in [2.24, 2.45) is 5.92 Å². The summed E-state index contributed by atoms with van der Waals surface area (Å²) < 4.78 is 0. The van der Waals surface area contributed by atoms with Crippen LogP contribution in [0.25, 0.3) is 0 Å². The van der Waals surface area contributed by atoms with Crippen LogP contribution in [0.4, 0.5) is 5.95 Å². The van der Waals surface area contributed by atoms with Crippen LogP contribution in [0.15, 0.2) is 0 Å². The first-order chi connectivity index (χ1) is 6.13. The number of nitrogens with zero attached hydrogens (tertiary/aromatic N) is 3. The molecule has 0 radical (unpaired) electrons. The number of aromatic nitrogens is 3. The van der Waals surface area contributed by atoms with Crippen LogP contribution < -0.4 is 5.32 Å². The minimum absolute atomic E-state index is 0.199. The molecule has 6 nitrogen and oxygen atoms in total. The first-order valence-electron chi connectivity index (χ1n) is 3.73. The first-order valence-corrected chi connectivity index (χ1v) is 3.73. The van der Waals surface area contributed by atoms with Gasteiger partial charge in [0.05, 0.1) is 6.07 Å². The van der Waals surface area contributed by atoms with E-state index in [1.165, 1.54) is 6.92 Å². The van der Waals surface area contributed by atoms with Crippen LogP contribution >= 0.6 is 0 Å². The zero-order valence-corrected chi connectivity index (χ0v) is 7.33. The number of carbonyl (C=O) groups is 1. The summed E-state index contributed by atoms with van der Waals surface area (Å²) in [6.07, 6.45) is 0. The predicted octanol–water partition coefficient (Wildman–Crippen LogP) is 0.211. The number of amides is 1. The molecule has 0 aliphatic heterocycles. The smallest absolute Gasteiger partial charge is 0.248 e. The first kappa shape index (κ1) is 9.19. The van der Waals surface area contributed by atoms with Gasteiger partial charge in [0.15, 0.2) is 0 Å². The lowest BCUT2D eigenvalue weighted by Crippen LogP contribution is -2.19. The summed E-state index contributed by atoms with van der Waals surface area (Å²) in [6.45, 7) is 3.23. The van der Waals surface area contributed by atoms with Crippen molar-refractivity contribution in [3.8, 4) is 6.07 Å². The molecule has 0 aromatic carbocycles. The number of anilines is 1. The van der Waals surface area contributed by atoms with Crippen LogP contribution in [0.3, 0.4) is 0 Å². The maximum Gasteiger partial charge on any atom is 0.248 e. The topological polar surface area (TPSA) is 94.5 Å². The van der Waals surface area contributed by atoms with Gasteiger partial charge in [-0.25, -0.2) is 0 Å². The number of hydrogen-bond acceptors (Lipinski definition) is 4. The highest BCUT2D eigenvalue weighted by molar-refractivity contribution is 5.92. The highest BCUT2D eigenvalue weighted by Gasteiger charge is 2.13. The van der Waals surface area contributed by atoms with E-state index in [0.29, 0.717) is 5.82 Å². The zero-order valence-electron chi connectivity index (χ0n) is 7.33. The van der Waals surface area contributed by atoms with Gasteiger partial charge in [-0.2, -0.15) is 10.2 Å². The summed E-state index contributed by atoms with van der Waals surface area (Å²) >= 11 is 0. The molecule has 1 aromatic rings. The maximum atomic E-state index is 11.1. The number of H-pyrrole nitrogens is 1. The number of nitriles is 1. The molecular weight excluding hydrogens is 170 g/mol. The molecule has 1 atom stereocenters. The third kappa shape index (κ3) is 2.27. The van der Waals surface area contributed by atoms with E-state index >= 15 is 0 Å². The minimum atomic E-state index is -0.696. The standard InChI is InChI=1S/C7H9N5O/c1-4(3-8)6(13)10-7-9-5(2)11-12-7/h4H,1-2H3,(H2,9,10,11,12,13). The fraction of sp³-hybridized carbons (Fsp3) is 0.429. The van der Waals surface area contributed by atoms with Gasteiger partial charge in [-0.05, 0) is 13.8 Å². The van der Waals surface area contributed by atoms with Gasteiger partial charge in [-0.3, -0.25) is 15.2 Å². The van der Waals surface area contributed by atoms with Gasteiger partial charge in [-0.1, -0.05) is 0 Å². The lowest BCUT2D eigenvalue weighted by atomic mass is 10.2. The van der Waals surface area contributed by atoms with Crippen molar-refractivity contribution in [1.82, 2.24) is 15.2 Å². The summed E-state index contributed by atoms with van der Waals surface area (Å²) in [4.78, 5) is 15.0. The van der Waals surface area contributed by atoms with E-state index in [1.807, 2.05) is 6.07 Å². The van der Waals surface area contributed by atoms with Crippen molar-refractivity contribution in [3.05, 3.63) is 5.82 Å². The van der Waals surface area contributed by atoms with Gasteiger partial charge in [0.25, 0.3) is 0 Å². The van der Waals surface area contributed by atoms with Gasteiger partial charge in [-0.15, -0.1) is 5.10 Å². The van der Waals surface area contributed by atoms with Crippen molar-refractivity contribution in [2.45, 2.75) is 13.8 Å². The summed E-state index contributed by atoms with van der Waals surface area (Å²) in [5.74, 6) is -0.287. The van der Waals surface area contributed by atoms with Crippen LogP contribution in [0.5, 0.6) is 0 Å². The molecule has 1 amide bonds. The summed E-state index contributed by atoms with van der Waals surface area (Å²) in [6, 6.07) is 1.81. The maximum absolute atomic E-state index is 11.1. The van der Waals surface area contributed by atoms with E-state index in [1.54, 1.807) is 6.92 Å². The molecule has 1 heterocycles. The Morgan fingerprint density at radius 2 is 2.46 bits per heavy atom. The Morgan fingerprint density at radius 3 is 2.92 bits per heavy atom. The van der Waals surface area contributed by atoms with E-state index in [2.05, 4.69) is 20.5 Å². The van der Waals surface area contributed by atoms with Gasteiger partial charge < -0.3 is 0 Å². The zero-order chi connectivity index (χ0) is 9.84. The molecular formula is C7H9N5O. The monoisotopic (exact) mass is 179 g/mol. The van der Waals surface area contributed by atoms with Crippen LogP contribution in [0.1, 0.15) is 12.7 Å². The Bertz CT molecular complexity index is 350. The molecule has 13 heavy (non-hydrogen) atoms. The fourth-order valence-corrected chi connectivity index (χ4v) is 0.676. The molecule has 1 rings (SSSR count). The van der Waals surface area contributed by atoms with Crippen molar-refractivity contribution in [2.75, 3.05) is 5.32 Å². The molecule has 0 aliphatic carbocycles. The van der Waals surface area contributed by atoms with E-state index in [0.717, 1.165) is 0 Å². The largest absolute Gasteiger partial charge is 0.292 e. The number of carbonyl (C=O) groups excluding carboxylic acids is 1. The Hall–Kier alpha value is -1.90. The predicted molar refractivity (Wildman–Crippen MR) is 44.5 cm³/mol. The van der Waals surface area contributed by atoms with Crippen LogP contribution in [-0.2, 0) is 4.79 Å². The Kier molecular flexibility index (Phi) is 2.59. The number of aromatic amines is 1. The van der Waals surface area contributed by atoms with Crippen LogP contribution in [-0.4, -0.2) is 21.1 Å². The van der Waals surface area contributed by atoms with Crippen molar-refractivity contribution in [3.63, 3.8) is 0 Å². The summed E-state index contributed by atoms with van der Waals surface area (Å²) in [5.41, 5.74) is 0. The minimum Gasteiger partial charge on any atom is -0.292 e. The normalized spacial score (nSPS) is 11.8. The molecule has 1 aromatic heterocycles. The molecule has 0 spiro atoms. The Morgan fingerprint density at radius 1 is 1.77 bits per heavy atom. The van der Waals surface area contributed by atoms with Gasteiger partial charge in [0, 0.05) is 0 Å². The van der Waals surface area contributed by atoms with E-state index < -0.39 is 11.8 Å². The quantitative estimate of drug-likeness (QED) is 0.678. The highest BCUT2D eigenvalue weighted by atomic mass is 16.2. The SMILES string of the molecule is Cc1nc(NC(=O)C(C)C#N)n[nH]1. The molecule has 0 aliphatic rings. The van der Waals surface area contributed by atoms with Gasteiger partial charge >= 0.3 is 0 Å². The van der Waals surface area contributed by atoms with Crippen LogP contribution in [0.2, 0.25) is 0 Å². The fourth-order valence-electron chi connectivity index (χ4n) is 0.676. The Labute approximate surface area is 75.0 Å².